The number of nitrogens with two attached hydrogens (primary N) is 1. The van der Waals surface area contributed by atoms with Crippen LogP contribution in [0.5, 0.6) is 0 Å². The topological polar surface area (TPSA) is 35.2 Å². The molecule has 0 aliphatic rings. The summed E-state index contributed by atoms with van der Waals surface area (Å²) in [4.78, 5) is 0. The van der Waals surface area contributed by atoms with E-state index in [4.69, 9.17) is 10.5 Å². The van der Waals surface area contributed by atoms with Crippen LogP contribution in [0.4, 0.5) is 8.78 Å². The zero-order valence-corrected chi connectivity index (χ0v) is 9.54. The average Bonchev–Trinajstić information content (AvgIpc) is 2.17. The van der Waals surface area contributed by atoms with E-state index in [1.165, 1.54) is 12.1 Å². The molecule has 0 saturated heterocycles. The molecular formula is C12H17F2NO. The molecule has 2 N–H and O–H groups in total. The zero-order chi connectivity index (χ0) is 12.1. The fourth-order valence-electron chi connectivity index (χ4n) is 1.78. The molecule has 0 aliphatic heterocycles. The van der Waals surface area contributed by atoms with Crippen molar-refractivity contribution in [3.8, 4) is 0 Å². The summed E-state index contributed by atoms with van der Waals surface area (Å²) in [6, 6.07) is 3.19. The van der Waals surface area contributed by atoms with Crippen LogP contribution in [-0.2, 0) is 11.2 Å². The van der Waals surface area contributed by atoms with E-state index in [0.717, 1.165) is 12.5 Å². The van der Waals surface area contributed by atoms with Crippen molar-refractivity contribution in [2.45, 2.75) is 31.9 Å². The Morgan fingerprint density at radius 2 is 1.81 bits per heavy atom. The highest BCUT2D eigenvalue weighted by Gasteiger charge is 2.16. The Hall–Kier alpha value is -1.00. The molecule has 0 fully saturated rings. The molecule has 16 heavy (non-hydrogen) atoms. The first-order valence-electron chi connectivity index (χ1n) is 5.30. The largest absolute Gasteiger partial charge is 0.380 e. The fraction of sp³-hybridized carbons (Fsp3) is 0.500. The molecule has 0 heterocycles. The van der Waals surface area contributed by atoms with Crippen LogP contribution >= 0.6 is 0 Å². The first kappa shape index (κ1) is 13.1. The maximum Gasteiger partial charge on any atom is 0.126 e. The number of ether oxygens (including phenoxy) is 1. The first-order valence-corrected chi connectivity index (χ1v) is 5.30. The molecule has 2 atom stereocenters. The molecule has 0 amide bonds. The van der Waals surface area contributed by atoms with Crippen LogP contribution < -0.4 is 5.73 Å². The van der Waals surface area contributed by atoms with E-state index in [-0.39, 0.29) is 12.1 Å². The molecule has 4 heteroatoms. The second-order valence-electron chi connectivity index (χ2n) is 3.83. The lowest BCUT2D eigenvalue weighted by Gasteiger charge is -2.21. The van der Waals surface area contributed by atoms with E-state index in [9.17, 15) is 8.78 Å². The monoisotopic (exact) mass is 229 g/mol. The number of rotatable bonds is 5. The summed E-state index contributed by atoms with van der Waals surface area (Å²) in [5.41, 5.74) is 6.46. The Morgan fingerprint density at radius 3 is 2.25 bits per heavy atom. The van der Waals surface area contributed by atoms with E-state index in [0.29, 0.717) is 12.0 Å². The van der Waals surface area contributed by atoms with Gasteiger partial charge in [-0.15, -0.1) is 0 Å². The lowest BCUT2D eigenvalue weighted by atomic mass is 10.0. The van der Waals surface area contributed by atoms with Gasteiger partial charge in [-0.1, -0.05) is 6.92 Å². The highest BCUT2D eigenvalue weighted by molar-refractivity contribution is 5.19. The van der Waals surface area contributed by atoms with Crippen molar-refractivity contribution >= 4 is 0 Å². The molecule has 1 aromatic carbocycles. The highest BCUT2D eigenvalue weighted by Crippen LogP contribution is 2.12. The molecule has 0 saturated carbocycles. The summed E-state index contributed by atoms with van der Waals surface area (Å²) in [7, 11) is 1.58. The van der Waals surface area contributed by atoms with Gasteiger partial charge in [0.05, 0.1) is 6.10 Å². The van der Waals surface area contributed by atoms with Crippen LogP contribution in [0.1, 0.15) is 18.9 Å². The maximum absolute atomic E-state index is 12.9. The molecule has 0 aromatic heterocycles. The Kier molecular flexibility index (Phi) is 4.83. The van der Waals surface area contributed by atoms with E-state index in [1.54, 1.807) is 7.11 Å². The van der Waals surface area contributed by atoms with Crippen LogP contribution in [0.2, 0.25) is 0 Å². The second kappa shape index (κ2) is 5.92. The van der Waals surface area contributed by atoms with Crippen LogP contribution in [0.3, 0.4) is 0 Å². The summed E-state index contributed by atoms with van der Waals surface area (Å²) in [6.07, 6.45) is 1.09. The predicted octanol–water partition coefficient (Wildman–Crippen LogP) is 2.26. The Morgan fingerprint density at radius 1 is 1.25 bits per heavy atom. The van der Waals surface area contributed by atoms with Crippen molar-refractivity contribution in [3.05, 3.63) is 35.4 Å². The SMILES string of the molecule is CCC(OC)C(N)Cc1cc(F)cc(F)c1. The van der Waals surface area contributed by atoms with Gasteiger partial charge in [0.15, 0.2) is 0 Å². The van der Waals surface area contributed by atoms with Gasteiger partial charge in [-0.3, -0.25) is 0 Å². The van der Waals surface area contributed by atoms with Gasteiger partial charge in [0.1, 0.15) is 11.6 Å². The number of hydrogen-bond donors (Lipinski definition) is 1. The van der Waals surface area contributed by atoms with Crippen molar-refractivity contribution in [2.24, 2.45) is 5.73 Å². The van der Waals surface area contributed by atoms with Crippen LogP contribution in [0.25, 0.3) is 0 Å². The standard InChI is InChI=1S/C12H17F2NO/c1-3-12(16-2)11(15)6-8-4-9(13)7-10(14)5-8/h4-5,7,11-12H,3,6,15H2,1-2H3. The Labute approximate surface area is 94.4 Å². The number of halogens is 2. The minimum atomic E-state index is -0.576. The van der Waals surface area contributed by atoms with Crippen LogP contribution in [0, 0.1) is 11.6 Å². The van der Waals surface area contributed by atoms with Gasteiger partial charge in [0, 0.05) is 19.2 Å². The number of methoxy groups -OCH3 is 1. The minimum Gasteiger partial charge on any atom is -0.380 e. The van der Waals surface area contributed by atoms with Gasteiger partial charge >= 0.3 is 0 Å². The van der Waals surface area contributed by atoms with Crippen molar-refractivity contribution in [2.75, 3.05) is 7.11 Å². The fourth-order valence-corrected chi connectivity index (χ4v) is 1.78. The van der Waals surface area contributed by atoms with Crippen LogP contribution in [-0.4, -0.2) is 19.3 Å². The van der Waals surface area contributed by atoms with Crippen LogP contribution in [0.15, 0.2) is 18.2 Å². The summed E-state index contributed by atoms with van der Waals surface area (Å²) >= 11 is 0. The zero-order valence-electron chi connectivity index (χ0n) is 9.54. The van der Waals surface area contributed by atoms with E-state index in [1.807, 2.05) is 6.92 Å². The van der Waals surface area contributed by atoms with Crippen molar-refractivity contribution < 1.29 is 13.5 Å². The Balaban J connectivity index is 2.72. The predicted molar refractivity (Wildman–Crippen MR) is 59.1 cm³/mol. The van der Waals surface area contributed by atoms with E-state index >= 15 is 0 Å². The summed E-state index contributed by atoms with van der Waals surface area (Å²) in [5, 5.41) is 0. The van der Waals surface area contributed by atoms with E-state index < -0.39 is 11.6 Å². The average molecular weight is 229 g/mol. The molecule has 90 valence electrons. The molecule has 0 aliphatic carbocycles. The quantitative estimate of drug-likeness (QED) is 0.840. The molecule has 0 bridgehead atoms. The maximum atomic E-state index is 12.9. The highest BCUT2D eigenvalue weighted by atomic mass is 19.1. The van der Waals surface area contributed by atoms with E-state index in [2.05, 4.69) is 0 Å². The molecule has 2 unspecified atom stereocenters. The summed E-state index contributed by atoms with van der Waals surface area (Å²) in [6.45, 7) is 1.96. The number of benzene rings is 1. The lowest BCUT2D eigenvalue weighted by Crippen LogP contribution is -2.37. The smallest absolute Gasteiger partial charge is 0.126 e. The molecule has 1 aromatic rings. The molecule has 1 rings (SSSR count). The third-order valence-electron chi connectivity index (χ3n) is 2.58. The molecule has 0 spiro atoms. The lowest BCUT2D eigenvalue weighted by molar-refractivity contribution is 0.0773. The van der Waals surface area contributed by atoms with Gasteiger partial charge < -0.3 is 10.5 Å². The van der Waals surface area contributed by atoms with Gasteiger partial charge in [-0.2, -0.15) is 0 Å². The second-order valence-corrected chi connectivity index (χ2v) is 3.83. The minimum absolute atomic E-state index is 0.0914. The van der Waals surface area contributed by atoms with Gasteiger partial charge in [-0.05, 0) is 30.5 Å². The van der Waals surface area contributed by atoms with Crippen molar-refractivity contribution in [3.63, 3.8) is 0 Å². The van der Waals surface area contributed by atoms with Gasteiger partial charge in [-0.25, -0.2) is 8.78 Å². The third kappa shape index (κ3) is 3.54. The number of hydrogen-bond acceptors (Lipinski definition) is 2. The molecular weight excluding hydrogens is 212 g/mol. The molecule has 2 nitrogen and oxygen atoms in total. The van der Waals surface area contributed by atoms with Crippen molar-refractivity contribution in [1.29, 1.82) is 0 Å². The third-order valence-corrected chi connectivity index (χ3v) is 2.58. The first-order chi connectivity index (χ1) is 7.56. The van der Waals surface area contributed by atoms with Gasteiger partial charge in [0.2, 0.25) is 0 Å². The Bertz CT molecular complexity index is 320. The summed E-state index contributed by atoms with van der Waals surface area (Å²) in [5.74, 6) is -1.15. The molecule has 0 radical (unpaired) electrons. The van der Waals surface area contributed by atoms with Crippen molar-refractivity contribution in [1.82, 2.24) is 0 Å². The normalized spacial score (nSPS) is 14.8. The van der Waals surface area contributed by atoms with Gasteiger partial charge in [0.25, 0.3) is 0 Å². The summed E-state index contributed by atoms with van der Waals surface area (Å²) < 4.78 is 31.0.